The van der Waals surface area contributed by atoms with E-state index in [9.17, 15) is 0 Å². The van der Waals surface area contributed by atoms with Crippen LogP contribution in [0.2, 0.25) is 0 Å². The fourth-order valence-electron chi connectivity index (χ4n) is 0. The van der Waals surface area contributed by atoms with Crippen LogP contribution in [0.25, 0.3) is 0 Å². The van der Waals surface area contributed by atoms with Gasteiger partial charge in [0.15, 0.2) is 0 Å². The van der Waals surface area contributed by atoms with Gasteiger partial charge in [-0.2, -0.15) is 0 Å². The Labute approximate surface area is 77.9 Å². The molecule has 1 nitrogen and oxygen atoms in total. The minimum atomic E-state index is 1.02. The Balaban J connectivity index is -0.000000105. The molecule has 1 heteroatoms. The van der Waals surface area contributed by atoms with Crippen molar-refractivity contribution in [2.75, 3.05) is 7.05 Å². The van der Waals surface area contributed by atoms with Crippen LogP contribution in [0.3, 0.4) is 0 Å². The molecule has 0 aliphatic rings. The van der Waals surface area contributed by atoms with Crippen LogP contribution in [0.1, 0.15) is 34.1 Å². The molecule has 0 rings (SSSR count). The summed E-state index contributed by atoms with van der Waals surface area (Å²) in [6.45, 7) is 15.1. The molecule has 72 valence electrons. The van der Waals surface area contributed by atoms with Crippen LogP contribution in [-0.2, 0) is 0 Å². The lowest BCUT2D eigenvalue weighted by molar-refractivity contribution is 1.09. The predicted molar refractivity (Wildman–Crippen MR) is 61.1 cm³/mol. The molecule has 0 saturated heterocycles. The van der Waals surface area contributed by atoms with Crippen LogP contribution in [0, 0.1) is 0 Å². The van der Waals surface area contributed by atoms with Crippen LogP contribution < -0.4 is 0 Å². The summed E-state index contributed by atoms with van der Waals surface area (Å²) in [6.07, 6.45) is 4.72. The molecule has 0 aromatic rings. The lowest BCUT2D eigenvalue weighted by Crippen LogP contribution is -1.50. The molecule has 0 spiro atoms. The van der Waals surface area contributed by atoms with Gasteiger partial charge < -0.3 is 4.99 Å². The van der Waals surface area contributed by atoms with E-state index in [4.69, 9.17) is 0 Å². The topological polar surface area (TPSA) is 12.4 Å². The maximum atomic E-state index is 3.61. The standard InChI is InChI=1S/C5H8.C3H7N.C3H8/c1-4-5(2)3;1-3-4-2;1-3-2/h4H,1-2H2,3H3;3H,1-2H3;3H2,1-2H3. The van der Waals surface area contributed by atoms with Crippen LogP contribution in [0.4, 0.5) is 0 Å². The molecule has 0 heterocycles. The number of aliphatic imine (C=N–C) groups is 1. The Morgan fingerprint density at radius 2 is 1.58 bits per heavy atom. The first-order valence-electron chi connectivity index (χ1n) is 4.25. The Kier molecular flexibility index (Phi) is 32.4. The van der Waals surface area contributed by atoms with E-state index in [0.717, 1.165) is 5.57 Å². The van der Waals surface area contributed by atoms with Crippen LogP contribution in [-0.4, -0.2) is 13.3 Å². The highest BCUT2D eigenvalue weighted by molar-refractivity contribution is 5.52. The molecular weight excluding hydrogens is 146 g/mol. The predicted octanol–water partition coefficient (Wildman–Crippen LogP) is 3.87. The lowest BCUT2D eigenvalue weighted by Gasteiger charge is -1.71. The summed E-state index contributed by atoms with van der Waals surface area (Å²) >= 11 is 0. The highest BCUT2D eigenvalue weighted by Gasteiger charge is 1.59. The monoisotopic (exact) mass is 169 g/mol. The number of rotatable bonds is 1. The SMILES string of the molecule is C=CC(=C)C.CC=NC.CCC. The second-order valence-electron chi connectivity index (χ2n) is 2.27. The summed E-state index contributed by atoms with van der Waals surface area (Å²) in [5.41, 5.74) is 1.02. The Morgan fingerprint density at radius 3 is 1.58 bits per heavy atom. The second kappa shape index (κ2) is 22.5. The second-order valence-corrected chi connectivity index (χ2v) is 2.27. The molecule has 0 saturated carbocycles. The van der Waals surface area contributed by atoms with Crippen LogP contribution in [0.15, 0.2) is 29.8 Å². The van der Waals surface area contributed by atoms with E-state index in [2.05, 4.69) is 32.0 Å². The normalized spacial score (nSPS) is 7.42. The average molecular weight is 169 g/mol. The summed E-state index contributed by atoms with van der Waals surface area (Å²) in [5, 5.41) is 0. The van der Waals surface area contributed by atoms with E-state index < -0.39 is 0 Å². The van der Waals surface area contributed by atoms with E-state index in [0.29, 0.717) is 0 Å². The van der Waals surface area contributed by atoms with Gasteiger partial charge >= 0.3 is 0 Å². The van der Waals surface area contributed by atoms with Gasteiger partial charge in [0.1, 0.15) is 0 Å². The van der Waals surface area contributed by atoms with Gasteiger partial charge in [0, 0.05) is 7.05 Å². The first kappa shape index (κ1) is 17.3. The minimum Gasteiger partial charge on any atom is -0.301 e. The van der Waals surface area contributed by atoms with E-state index in [1.807, 2.05) is 13.8 Å². The van der Waals surface area contributed by atoms with E-state index >= 15 is 0 Å². The van der Waals surface area contributed by atoms with Crippen molar-refractivity contribution >= 4 is 6.21 Å². The van der Waals surface area contributed by atoms with Crippen molar-refractivity contribution in [1.82, 2.24) is 0 Å². The molecule has 0 atom stereocenters. The van der Waals surface area contributed by atoms with Crippen molar-refractivity contribution in [3.8, 4) is 0 Å². The molecule has 0 bridgehead atoms. The van der Waals surface area contributed by atoms with Gasteiger partial charge in [-0.3, -0.25) is 0 Å². The third kappa shape index (κ3) is 131. The van der Waals surface area contributed by atoms with Gasteiger partial charge in [-0.15, -0.1) is 0 Å². The number of allylic oxidation sites excluding steroid dienone is 2. The summed E-state index contributed by atoms with van der Waals surface area (Å²) < 4.78 is 0. The Bertz CT molecular complexity index is 108. The van der Waals surface area contributed by atoms with Crippen molar-refractivity contribution < 1.29 is 0 Å². The Morgan fingerprint density at radius 1 is 1.42 bits per heavy atom. The lowest BCUT2D eigenvalue weighted by atomic mass is 10.4. The zero-order valence-corrected chi connectivity index (χ0v) is 9.22. The zero-order chi connectivity index (χ0) is 10.4. The highest BCUT2D eigenvalue weighted by Crippen LogP contribution is 1.81. The number of nitrogens with zero attached hydrogens (tertiary/aromatic N) is 1. The molecule has 0 aromatic carbocycles. The Hall–Kier alpha value is -0.850. The van der Waals surface area contributed by atoms with E-state index in [-0.39, 0.29) is 0 Å². The molecule has 0 aliphatic carbocycles. The average Bonchev–Trinajstić information content (AvgIpc) is 2.06. The van der Waals surface area contributed by atoms with Crippen molar-refractivity contribution in [3.05, 3.63) is 24.8 Å². The zero-order valence-electron chi connectivity index (χ0n) is 9.22. The summed E-state index contributed by atoms with van der Waals surface area (Å²) in [7, 11) is 1.75. The molecular formula is C11H23N. The van der Waals surface area contributed by atoms with Gasteiger partial charge in [-0.1, -0.05) is 45.1 Å². The molecule has 0 fully saturated rings. The third-order valence-corrected chi connectivity index (χ3v) is 0.607. The maximum Gasteiger partial charge on any atom is 0.0273 e. The smallest absolute Gasteiger partial charge is 0.0273 e. The summed E-state index contributed by atoms with van der Waals surface area (Å²) in [5.74, 6) is 0. The van der Waals surface area contributed by atoms with E-state index in [1.165, 1.54) is 6.42 Å². The first-order chi connectivity index (χ1) is 5.60. The molecule has 12 heavy (non-hydrogen) atoms. The fraction of sp³-hybridized carbons (Fsp3) is 0.545. The van der Waals surface area contributed by atoms with Crippen molar-refractivity contribution in [1.29, 1.82) is 0 Å². The van der Waals surface area contributed by atoms with Gasteiger partial charge in [-0.25, -0.2) is 0 Å². The summed E-state index contributed by atoms with van der Waals surface area (Å²) in [4.78, 5) is 3.61. The molecule has 0 N–H and O–H groups in total. The molecule has 0 radical (unpaired) electrons. The van der Waals surface area contributed by atoms with Gasteiger partial charge in [0.2, 0.25) is 0 Å². The van der Waals surface area contributed by atoms with Crippen molar-refractivity contribution in [2.45, 2.75) is 34.1 Å². The summed E-state index contributed by atoms with van der Waals surface area (Å²) in [6, 6.07) is 0. The van der Waals surface area contributed by atoms with Crippen molar-refractivity contribution in [3.63, 3.8) is 0 Å². The minimum absolute atomic E-state index is 1.02. The van der Waals surface area contributed by atoms with Crippen molar-refractivity contribution in [2.24, 2.45) is 4.99 Å². The number of hydrogen-bond acceptors (Lipinski definition) is 1. The fourth-order valence-corrected chi connectivity index (χ4v) is 0. The van der Waals surface area contributed by atoms with Crippen LogP contribution >= 0.6 is 0 Å². The molecule has 0 aromatic heterocycles. The largest absolute Gasteiger partial charge is 0.301 e. The van der Waals surface area contributed by atoms with Crippen LogP contribution in [0.5, 0.6) is 0 Å². The quantitative estimate of drug-likeness (QED) is 0.417. The molecule has 0 unspecified atom stereocenters. The van der Waals surface area contributed by atoms with E-state index in [1.54, 1.807) is 19.3 Å². The van der Waals surface area contributed by atoms with Gasteiger partial charge in [0.25, 0.3) is 0 Å². The van der Waals surface area contributed by atoms with Gasteiger partial charge in [-0.05, 0) is 20.1 Å². The highest BCUT2D eigenvalue weighted by atomic mass is 14.6. The molecule has 0 aliphatic heterocycles. The van der Waals surface area contributed by atoms with Gasteiger partial charge in [0.05, 0.1) is 0 Å². The molecule has 0 amide bonds. The third-order valence-electron chi connectivity index (χ3n) is 0.607. The maximum absolute atomic E-state index is 3.61. The first-order valence-corrected chi connectivity index (χ1v) is 4.25. The number of hydrogen-bond donors (Lipinski definition) is 0.